The minimum Gasteiger partial charge on any atom is -0.352 e. The van der Waals surface area contributed by atoms with Crippen molar-refractivity contribution >= 4 is 5.91 Å². The summed E-state index contributed by atoms with van der Waals surface area (Å²) < 4.78 is 0. The van der Waals surface area contributed by atoms with Crippen LogP contribution in [0, 0.1) is 6.92 Å². The van der Waals surface area contributed by atoms with Gasteiger partial charge in [0.2, 0.25) is 5.91 Å². The van der Waals surface area contributed by atoms with Crippen molar-refractivity contribution in [2.45, 2.75) is 51.1 Å². The van der Waals surface area contributed by atoms with E-state index >= 15 is 0 Å². The zero-order chi connectivity index (χ0) is 13.0. The fourth-order valence-electron chi connectivity index (χ4n) is 2.64. The van der Waals surface area contributed by atoms with Crippen LogP contribution in [0.15, 0.2) is 24.3 Å². The second-order valence-electron chi connectivity index (χ2n) is 5.45. The second-order valence-corrected chi connectivity index (χ2v) is 5.45. The van der Waals surface area contributed by atoms with Crippen LogP contribution in [0.25, 0.3) is 0 Å². The maximum atomic E-state index is 11.9. The first kappa shape index (κ1) is 13.1. The molecule has 0 heterocycles. The van der Waals surface area contributed by atoms with Gasteiger partial charge in [0.25, 0.3) is 0 Å². The van der Waals surface area contributed by atoms with E-state index in [1.54, 1.807) is 0 Å². The summed E-state index contributed by atoms with van der Waals surface area (Å²) in [6, 6.07) is 8.11. The molecule has 3 nitrogen and oxygen atoms in total. The van der Waals surface area contributed by atoms with E-state index in [9.17, 15) is 4.79 Å². The van der Waals surface area contributed by atoms with Crippen molar-refractivity contribution in [1.29, 1.82) is 0 Å². The summed E-state index contributed by atoms with van der Waals surface area (Å²) in [7, 11) is 0. The molecule has 1 aromatic carbocycles. The highest BCUT2D eigenvalue weighted by Gasteiger charge is 2.31. The zero-order valence-electron chi connectivity index (χ0n) is 11.0. The lowest BCUT2D eigenvalue weighted by Crippen LogP contribution is -2.42. The largest absolute Gasteiger partial charge is 0.352 e. The van der Waals surface area contributed by atoms with Crippen LogP contribution in [0.5, 0.6) is 0 Å². The lowest BCUT2D eigenvalue weighted by Gasteiger charge is -2.22. The second kappa shape index (κ2) is 5.53. The molecular weight excluding hydrogens is 224 g/mol. The molecule has 0 saturated heterocycles. The Kier molecular flexibility index (Phi) is 4.02. The quantitative estimate of drug-likeness (QED) is 0.856. The fraction of sp³-hybridized carbons (Fsp3) is 0.533. The van der Waals surface area contributed by atoms with Gasteiger partial charge in [-0.05, 0) is 30.9 Å². The van der Waals surface area contributed by atoms with E-state index in [0.29, 0.717) is 13.0 Å². The third-order valence-corrected chi connectivity index (χ3v) is 3.85. The topological polar surface area (TPSA) is 55.1 Å². The van der Waals surface area contributed by atoms with E-state index < -0.39 is 0 Å². The van der Waals surface area contributed by atoms with E-state index in [1.165, 1.54) is 11.1 Å². The molecule has 2 rings (SSSR count). The molecule has 18 heavy (non-hydrogen) atoms. The molecule has 0 radical (unpaired) electrons. The number of nitrogens with one attached hydrogen (secondary N) is 1. The van der Waals surface area contributed by atoms with Crippen LogP contribution in [0.2, 0.25) is 0 Å². The molecule has 0 spiro atoms. The number of carbonyl (C=O) groups excluding carboxylic acids is 1. The van der Waals surface area contributed by atoms with Gasteiger partial charge in [-0.15, -0.1) is 0 Å². The van der Waals surface area contributed by atoms with E-state index in [2.05, 4.69) is 18.3 Å². The van der Waals surface area contributed by atoms with Crippen LogP contribution in [0.3, 0.4) is 0 Å². The molecule has 1 aliphatic carbocycles. The monoisotopic (exact) mass is 246 g/mol. The molecule has 3 N–H and O–H groups in total. The molecule has 1 aliphatic rings. The van der Waals surface area contributed by atoms with Gasteiger partial charge in [0.05, 0.1) is 0 Å². The summed E-state index contributed by atoms with van der Waals surface area (Å²) in [5.74, 6) is 0.0719. The summed E-state index contributed by atoms with van der Waals surface area (Å²) in [4.78, 5) is 11.9. The molecule has 1 aromatic rings. The molecule has 1 saturated carbocycles. The van der Waals surface area contributed by atoms with Crippen molar-refractivity contribution in [3.63, 3.8) is 0 Å². The van der Waals surface area contributed by atoms with Crippen molar-refractivity contribution in [3.8, 4) is 0 Å². The van der Waals surface area contributed by atoms with Gasteiger partial charge in [-0.25, -0.2) is 0 Å². The van der Waals surface area contributed by atoms with Crippen LogP contribution in [-0.4, -0.2) is 11.4 Å². The number of rotatable bonds is 4. The van der Waals surface area contributed by atoms with Crippen LogP contribution in [0.4, 0.5) is 0 Å². The SMILES string of the molecule is Cc1ccccc1CNC(=O)CC1(N)CCCC1. The van der Waals surface area contributed by atoms with Crippen LogP contribution in [-0.2, 0) is 11.3 Å². The predicted octanol–water partition coefficient (Wildman–Crippen LogP) is 2.27. The van der Waals surface area contributed by atoms with Crippen molar-refractivity contribution < 1.29 is 4.79 Å². The lowest BCUT2D eigenvalue weighted by atomic mass is 9.94. The van der Waals surface area contributed by atoms with E-state index in [1.807, 2.05) is 18.2 Å². The smallest absolute Gasteiger partial charge is 0.222 e. The Morgan fingerprint density at radius 2 is 2.00 bits per heavy atom. The highest BCUT2D eigenvalue weighted by Crippen LogP contribution is 2.29. The van der Waals surface area contributed by atoms with Crippen LogP contribution < -0.4 is 11.1 Å². The predicted molar refractivity (Wildman–Crippen MR) is 73.0 cm³/mol. The Hall–Kier alpha value is -1.35. The van der Waals surface area contributed by atoms with Gasteiger partial charge < -0.3 is 11.1 Å². The Labute approximate surface area is 109 Å². The standard InChI is InChI=1S/C15H22N2O/c1-12-6-2-3-7-13(12)11-17-14(18)10-15(16)8-4-5-9-15/h2-3,6-7H,4-5,8-11,16H2,1H3,(H,17,18). The van der Waals surface area contributed by atoms with Gasteiger partial charge in [0.1, 0.15) is 0 Å². The molecule has 0 aromatic heterocycles. The van der Waals surface area contributed by atoms with Gasteiger partial charge in [-0.2, -0.15) is 0 Å². The first-order valence-corrected chi connectivity index (χ1v) is 6.69. The average Bonchev–Trinajstić information content (AvgIpc) is 2.74. The van der Waals surface area contributed by atoms with Crippen LogP contribution >= 0.6 is 0 Å². The van der Waals surface area contributed by atoms with Crippen LogP contribution in [0.1, 0.15) is 43.2 Å². The molecule has 0 aliphatic heterocycles. The van der Waals surface area contributed by atoms with Crippen molar-refractivity contribution in [1.82, 2.24) is 5.32 Å². The Bertz CT molecular complexity index is 422. The first-order valence-electron chi connectivity index (χ1n) is 6.69. The third kappa shape index (κ3) is 3.33. The highest BCUT2D eigenvalue weighted by molar-refractivity contribution is 5.77. The maximum Gasteiger partial charge on any atom is 0.222 e. The Morgan fingerprint density at radius 1 is 1.33 bits per heavy atom. The molecule has 0 bridgehead atoms. The molecule has 0 unspecified atom stereocenters. The van der Waals surface area contributed by atoms with Gasteiger partial charge in [-0.3, -0.25) is 4.79 Å². The number of aryl methyl sites for hydroxylation is 1. The van der Waals surface area contributed by atoms with Gasteiger partial charge in [-0.1, -0.05) is 37.1 Å². The summed E-state index contributed by atoms with van der Waals surface area (Å²) in [6.45, 7) is 2.66. The normalized spacial score (nSPS) is 17.7. The van der Waals surface area contributed by atoms with Crippen molar-refractivity contribution in [2.24, 2.45) is 5.73 Å². The third-order valence-electron chi connectivity index (χ3n) is 3.85. The van der Waals surface area contributed by atoms with Crippen molar-refractivity contribution in [2.75, 3.05) is 0 Å². The highest BCUT2D eigenvalue weighted by atomic mass is 16.1. The van der Waals surface area contributed by atoms with Gasteiger partial charge in [0.15, 0.2) is 0 Å². The van der Waals surface area contributed by atoms with Crippen molar-refractivity contribution in [3.05, 3.63) is 35.4 Å². The fourth-order valence-corrected chi connectivity index (χ4v) is 2.64. The molecule has 1 amide bonds. The van der Waals surface area contributed by atoms with Gasteiger partial charge in [0, 0.05) is 18.5 Å². The molecule has 0 atom stereocenters. The molecule has 1 fully saturated rings. The summed E-state index contributed by atoms with van der Waals surface area (Å²) in [5, 5.41) is 2.97. The maximum absolute atomic E-state index is 11.9. The average molecular weight is 246 g/mol. The van der Waals surface area contributed by atoms with Gasteiger partial charge >= 0.3 is 0 Å². The summed E-state index contributed by atoms with van der Waals surface area (Å²) >= 11 is 0. The first-order chi connectivity index (χ1) is 8.59. The number of carbonyl (C=O) groups is 1. The number of amides is 1. The number of hydrogen-bond acceptors (Lipinski definition) is 2. The van der Waals surface area contributed by atoms with E-state index in [0.717, 1.165) is 25.7 Å². The lowest BCUT2D eigenvalue weighted by molar-refractivity contribution is -0.122. The van der Waals surface area contributed by atoms with E-state index in [-0.39, 0.29) is 11.4 Å². The molecular formula is C15H22N2O. The molecule has 98 valence electrons. The molecule has 3 heteroatoms. The zero-order valence-corrected chi connectivity index (χ0v) is 11.0. The summed E-state index contributed by atoms with van der Waals surface area (Å²) in [6.07, 6.45) is 4.72. The summed E-state index contributed by atoms with van der Waals surface area (Å²) in [5.41, 5.74) is 8.32. The minimum atomic E-state index is -0.254. The minimum absolute atomic E-state index is 0.0719. The number of hydrogen-bond donors (Lipinski definition) is 2. The Balaban J connectivity index is 1.83. The number of nitrogens with two attached hydrogens (primary N) is 1. The van der Waals surface area contributed by atoms with E-state index in [4.69, 9.17) is 5.73 Å². The Morgan fingerprint density at radius 3 is 2.67 bits per heavy atom. The number of benzene rings is 1.